The van der Waals surface area contributed by atoms with Gasteiger partial charge in [-0.25, -0.2) is 4.39 Å². The molecule has 7 heteroatoms. The molecule has 3 aromatic rings. The Balaban J connectivity index is 1.82. The molecule has 0 saturated carbocycles. The smallest absolute Gasteiger partial charge is 0.262 e. The molecule has 0 aliphatic carbocycles. The van der Waals surface area contributed by atoms with Crippen LogP contribution in [0.1, 0.15) is 22.1 Å². The first-order valence-electron chi connectivity index (χ1n) is 8.91. The number of halogens is 1. The Labute approximate surface area is 166 Å². The summed E-state index contributed by atoms with van der Waals surface area (Å²) in [7, 11) is 0. The van der Waals surface area contributed by atoms with Crippen molar-refractivity contribution < 1.29 is 23.8 Å². The van der Waals surface area contributed by atoms with Gasteiger partial charge >= 0.3 is 0 Å². The van der Waals surface area contributed by atoms with Crippen molar-refractivity contribution in [3.8, 4) is 5.75 Å². The molecule has 1 N–H and O–H groups in total. The van der Waals surface area contributed by atoms with Gasteiger partial charge in [-0.15, -0.1) is 0 Å². The van der Waals surface area contributed by atoms with Crippen LogP contribution in [0.25, 0.3) is 0 Å². The molecule has 1 aliphatic rings. The number of hydrogen-bond acceptors (Lipinski definition) is 5. The third kappa shape index (κ3) is 3.62. The number of carboxylic acid groups (broad SMARTS) is 1. The van der Waals surface area contributed by atoms with Crippen LogP contribution in [0.3, 0.4) is 0 Å². The molecule has 1 heterocycles. The molecule has 29 heavy (non-hydrogen) atoms. The first-order chi connectivity index (χ1) is 14.0. The number of para-hydroxylation sites is 2. The van der Waals surface area contributed by atoms with Crippen molar-refractivity contribution in [1.29, 1.82) is 0 Å². The average molecular weight is 391 g/mol. The Morgan fingerprint density at radius 3 is 2.48 bits per heavy atom. The van der Waals surface area contributed by atoms with Gasteiger partial charge in [0, 0.05) is 16.9 Å². The molecule has 4 rings (SSSR count). The number of aliphatic carboxylic acids is 1. The van der Waals surface area contributed by atoms with Crippen LogP contribution in [0, 0.1) is 5.82 Å². The number of carbonyl (C=O) groups is 2. The van der Waals surface area contributed by atoms with Gasteiger partial charge in [0.1, 0.15) is 24.3 Å². The monoisotopic (exact) mass is 391 g/mol. The molecule has 1 amide bonds. The molecule has 6 nitrogen and oxygen atoms in total. The number of rotatable bonds is 5. The Morgan fingerprint density at radius 1 is 1.03 bits per heavy atom. The Hall–Kier alpha value is -3.87. The van der Waals surface area contributed by atoms with E-state index in [4.69, 9.17) is 4.74 Å². The van der Waals surface area contributed by atoms with E-state index < -0.39 is 24.6 Å². The molecular formula is C22H16FN2O4-. The number of benzene rings is 3. The van der Waals surface area contributed by atoms with E-state index in [0.717, 1.165) is 0 Å². The molecule has 0 fully saturated rings. The summed E-state index contributed by atoms with van der Waals surface area (Å²) < 4.78 is 18.8. The van der Waals surface area contributed by atoms with Crippen molar-refractivity contribution in [1.82, 2.24) is 0 Å². The molecule has 1 atom stereocenters. The summed E-state index contributed by atoms with van der Waals surface area (Å²) >= 11 is 0. The van der Waals surface area contributed by atoms with E-state index in [2.05, 4.69) is 5.32 Å². The largest absolute Gasteiger partial charge is 0.546 e. The van der Waals surface area contributed by atoms with Crippen molar-refractivity contribution in [3.05, 3.63) is 89.7 Å². The minimum absolute atomic E-state index is 0.273. The normalized spacial score (nSPS) is 15.4. The number of amides is 1. The van der Waals surface area contributed by atoms with Gasteiger partial charge in [-0.2, -0.15) is 0 Å². The van der Waals surface area contributed by atoms with E-state index in [1.807, 2.05) is 6.07 Å². The maximum atomic E-state index is 13.4. The van der Waals surface area contributed by atoms with Crippen LogP contribution in [0.2, 0.25) is 0 Å². The summed E-state index contributed by atoms with van der Waals surface area (Å²) in [5, 5.41) is 14.1. The lowest BCUT2D eigenvalue weighted by Gasteiger charge is -2.38. The quantitative estimate of drug-likeness (QED) is 0.723. The van der Waals surface area contributed by atoms with Crippen molar-refractivity contribution in [2.45, 2.75) is 6.17 Å². The minimum Gasteiger partial charge on any atom is -0.546 e. The highest BCUT2D eigenvalue weighted by molar-refractivity contribution is 6.12. The van der Waals surface area contributed by atoms with Gasteiger partial charge in [0.2, 0.25) is 0 Å². The van der Waals surface area contributed by atoms with Crippen LogP contribution < -0.4 is 20.1 Å². The number of carbonyl (C=O) groups excluding carboxylic acids is 2. The highest BCUT2D eigenvalue weighted by Crippen LogP contribution is 2.39. The van der Waals surface area contributed by atoms with Crippen molar-refractivity contribution in [3.63, 3.8) is 0 Å². The summed E-state index contributed by atoms with van der Waals surface area (Å²) in [5.41, 5.74) is 2.15. The van der Waals surface area contributed by atoms with Gasteiger partial charge in [0.05, 0.1) is 11.5 Å². The van der Waals surface area contributed by atoms with Crippen LogP contribution >= 0.6 is 0 Å². The van der Waals surface area contributed by atoms with Crippen molar-refractivity contribution in [2.75, 3.05) is 16.8 Å². The number of nitrogens with zero attached hydrogens (tertiary/aromatic N) is 1. The maximum absolute atomic E-state index is 13.4. The molecule has 0 spiro atoms. The van der Waals surface area contributed by atoms with E-state index in [9.17, 15) is 19.1 Å². The van der Waals surface area contributed by atoms with Gasteiger partial charge in [0.15, 0.2) is 0 Å². The molecule has 0 bridgehead atoms. The number of nitrogens with one attached hydrogen (secondary N) is 1. The second-order valence-electron chi connectivity index (χ2n) is 6.44. The first kappa shape index (κ1) is 18.5. The number of ether oxygens (including phenoxy) is 1. The molecular weight excluding hydrogens is 375 g/mol. The molecule has 3 aromatic carbocycles. The zero-order chi connectivity index (χ0) is 20.4. The highest BCUT2D eigenvalue weighted by Gasteiger charge is 2.35. The number of hydrogen-bond donors (Lipinski definition) is 1. The predicted octanol–water partition coefficient (Wildman–Crippen LogP) is 2.73. The van der Waals surface area contributed by atoms with Crippen LogP contribution in [-0.2, 0) is 4.79 Å². The van der Waals surface area contributed by atoms with Gasteiger partial charge in [-0.05, 0) is 42.5 Å². The molecule has 0 unspecified atom stereocenters. The van der Waals surface area contributed by atoms with E-state index >= 15 is 0 Å². The number of fused-ring (bicyclic) bond motifs is 1. The zero-order valence-corrected chi connectivity index (χ0v) is 15.2. The summed E-state index contributed by atoms with van der Waals surface area (Å²) in [5.74, 6) is -1.74. The molecule has 0 radical (unpaired) electrons. The summed E-state index contributed by atoms with van der Waals surface area (Å²) in [4.78, 5) is 25.6. The average Bonchev–Trinajstić information content (AvgIpc) is 2.73. The lowest BCUT2D eigenvalue weighted by atomic mass is 10.0. The predicted molar refractivity (Wildman–Crippen MR) is 103 cm³/mol. The maximum Gasteiger partial charge on any atom is 0.262 e. The van der Waals surface area contributed by atoms with E-state index in [1.165, 1.54) is 29.2 Å². The Kier molecular flexibility index (Phi) is 4.87. The van der Waals surface area contributed by atoms with Crippen molar-refractivity contribution >= 4 is 23.3 Å². The first-order valence-corrected chi connectivity index (χ1v) is 8.91. The lowest BCUT2D eigenvalue weighted by Crippen LogP contribution is -2.43. The van der Waals surface area contributed by atoms with E-state index in [0.29, 0.717) is 28.3 Å². The topological polar surface area (TPSA) is 81.7 Å². The van der Waals surface area contributed by atoms with Crippen LogP contribution in [-0.4, -0.2) is 18.5 Å². The second-order valence-corrected chi connectivity index (χ2v) is 6.44. The number of carboxylic acids is 1. The molecule has 0 aromatic heterocycles. The molecule has 146 valence electrons. The zero-order valence-electron chi connectivity index (χ0n) is 15.2. The van der Waals surface area contributed by atoms with Gasteiger partial charge in [-0.3, -0.25) is 9.69 Å². The lowest BCUT2D eigenvalue weighted by molar-refractivity contribution is -0.307. The van der Waals surface area contributed by atoms with E-state index in [1.54, 1.807) is 42.5 Å². The van der Waals surface area contributed by atoms with Gasteiger partial charge in [0.25, 0.3) is 5.91 Å². The standard InChI is InChI=1S/C22H17FN2O4/c23-14-9-11-15(12-10-14)25-21(24-18-7-3-1-5-16(18)22(25)28)17-6-2-4-8-19(17)29-13-20(26)27/h1-12,21,24H,13H2,(H,26,27)/p-1/t21-/m0/s1. The summed E-state index contributed by atoms with van der Waals surface area (Å²) in [6, 6.07) is 19.5. The van der Waals surface area contributed by atoms with Gasteiger partial charge < -0.3 is 20.0 Å². The SMILES string of the molecule is O=C([O-])COc1ccccc1[C@H]1Nc2ccccc2C(=O)N1c1ccc(F)cc1. The molecule has 1 aliphatic heterocycles. The summed E-state index contributed by atoms with van der Waals surface area (Å²) in [6.45, 7) is -0.620. The molecule has 0 saturated heterocycles. The van der Waals surface area contributed by atoms with E-state index in [-0.39, 0.29) is 5.91 Å². The van der Waals surface area contributed by atoms with Gasteiger partial charge in [-0.1, -0.05) is 30.3 Å². The fourth-order valence-electron chi connectivity index (χ4n) is 3.31. The third-order valence-corrected chi connectivity index (χ3v) is 4.59. The van der Waals surface area contributed by atoms with Crippen molar-refractivity contribution in [2.24, 2.45) is 0 Å². The summed E-state index contributed by atoms with van der Waals surface area (Å²) in [6.07, 6.45) is -0.694. The fourth-order valence-corrected chi connectivity index (χ4v) is 3.31. The minimum atomic E-state index is -1.35. The van der Waals surface area contributed by atoms with Crippen LogP contribution in [0.4, 0.5) is 15.8 Å². The second kappa shape index (κ2) is 7.63. The highest BCUT2D eigenvalue weighted by atomic mass is 19.1. The Morgan fingerprint density at radius 2 is 1.72 bits per heavy atom. The third-order valence-electron chi connectivity index (χ3n) is 4.59. The van der Waals surface area contributed by atoms with Crippen LogP contribution in [0.5, 0.6) is 5.75 Å². The number of anilines is 2. The van der Waals surface area contributed by atoms with Crippen LogP contribution in [0.15, 0.2) is 72.8 Å². The fraction of sp³-hybridized carbons (Fsp3) is 0.0909. The Bertz CT molecular complexity index is 1070.